The molecule has 0 aliphatic rings. The second-order valence-corrected chi connectivity index (χ2v) is 3.50. The molecule has 0 unspecified atom stereocenters. The van der Waals surface area contributed by atoms with Gasteiger partial charge in [0.15, 0.2) is 0 Å². The van der Waals surface area contributed by atoms with Crippen molar-refractivity contribution in [3.63, 3.8) is 0 Å². The van der Waals surface area contributed by atoms with Gasteiger partial charge in [0.1, 0.15) is 0 Å². The first kappa shape index (κ1) is 8.89. The Morgan fingerprint density at radius 2 is 1.78 bits per heavy atom. The summed E-state index contributed by atoms with van der Waals surface area (Å²) in [5.74, 6) is 1.41. The fraction of sp³-hybridized carbons (Fsp3) is 0.600. The van der Waals surface area contributed by atoms with Gasteiger partial charge in [-0.1, -0.05) is 6.08 Å². The highest BCUT2D eigenvalue weighted by Crippen LogP contribution is 2.47. The van der Waals surface area contributed by atoms with E-state index in [1.54, 1.807) is 13.0 Å². The molecular formula is C5H11O3P. The van der Waals surface area contributed by atoms with Gasteiger partial charge in [0.25, 0.3) is 0 Å². The molecule has 0 saturated heterocycles. The Hall–Kier alpha value is -0.110. The standard InChI is InChI=1S/C5H11O3P/c1-4-5-9(6,7-2)8-3/h4-5H,1-3H3/b5-4-. The smallest absolute Gasteiger partial charge is 0.309 e. The summed E-state index contributed by atoms with van der Waals surface area (Å²) in [6.45, 7) is 1.75. The molecule has 0 bridgehead atoms. The Balaban J connectivity index is 4.11. The van der Waals surface area contributed by atoms with Gasteiger partial charge in [-0.2, -0.15) is 0 Å². The van der Waals surface area contributed by atoms with E-state index < -0.39 is 7.60 Å². The summed E-state index contributed by atoms with van der Waals surface area (Å²) in [6, 6.07) is 0. The van der Waals surface area contributed by atoms with Crippen LogP contribution in [0.5, 0.6) is 0 Å². The van der Waals surface area contributed by atoms with Gasteiger partial charge in [0, 0.05) is 20.0 Å². The Bertz CT molecular complexity index is 133. The van der Waals surface area contributed by atoms with Crippen molar-refractivity contribution in [2.45, 2.75) is 6.92 Å². The molecule has 9 heavy (non-hydrogen) atoms. The highest BCUT2D eigenvalue weighted by Gasteiger charge is 2.13. The van der Waals surface area contributed by atoms with E-state index in [2.05, 4.69) is 9.05 Å². The lowest BCUT2D eigenvalue weighted by Gasteiger charge is -2.06. The number of rotatable bonds is 3. The molecule has 0 rings (SSSR count). The zero-order valence-electron chi connectivity index (χ0n) is 5.83. The first-order valence-electron chi connectivity index (χ1n) is 2.53. The third kappa shape index (κ3) is 2.80. The van der Waals surface area contributed by atoms with E-state index in [9.17, 15) is 4.57 Å². The molecule has 0 aliphatic carbocycles. The van der Waals surface area contributed by atoms with E-state index >= 15 is 0 Å². The Kier molecular flexibility index (Phi) is 3.78. The van der Waals surface area contributed by atoms with E-state index in [1.165, 1.54) is 20.0 Å². The fourth-order valence-electron chi connectivity index (χ4n) is 0.379. The molecule has 0 fully saturated rings. The van der Waals surface area contributed by atoms with Crippen molar-refractivity contribution >= 4 is 7.60 Å². The van der Waals surface area contributed by atoms with E-state index in [0.717, 1.165) is 0 Å². The van der Waals surface area contributed by atoms with Crippen LogP contribution in [0.25, 0.3) is 0 Å². The Labute approximate surface area is 55.2 Å². The number of hydrogen-bond donors (Lipinski definition) is 0. The molecule has 0 aliphatic heterocycles. The molecule has 3 nitrogen and oxygen atoms in total. The molecule has 0 saturated carbocycles. The molecule has 0 aromatic heterocycles. The minimum atomic E-state index is -2.86. The summed E-state index contributed by atoms with van der Waals surface area (Å²) in [7, 11) is -0.159. The summed E-state index contributed by atoms with van der Waals surface area (Å²) in [5.41, 5.74) is 0. The van der Waals surface area contributed by atoms with Crippen LogP contribution in [0.3, 0.4) is 0 Å². The Morgan fingerprint density at radius 3 is 1.89 bits per heavy atom. The average Bonchev–Trinajstić information content (AvgIpc) is 1.89. The van der Waals surface area contributed by atoms with Gasteiger partial charge in [-0.15, -0.1) is 0 Å². The van der Waals surface area contributed by atoms with Crippen LogP contribution in [0.2, 0.25) is 0 Å². The van der Waals surface area contributed by atoms with Crippen LogP contribution in [0.4, 0.5) is 0 Å². The lowest BCUT2D eigenvalue weighted by molar-refractivity contribution is 0.286. The predicted molar refractivity (Wildman–Crippen MR) is 36.4 cm³/mol. The van der Waals surface area contributed by atoms with Crippen molar-refractivity contribution in [3.8, 4) is 0 Å². The van der Waals surface area contributed by atoms with Crippen molar-refractivity contribution in [2.75, 3.05) is 14.2 Å². The van der Waals surface area contributed by atoms with Crippen LogP contribution in [0, 0.1) is 0 Å². The summed E-state index contributed by atoms with van der Waals surface area (Å²) < 4.78 is 20.2. The molecule has 54 valence electrons. The molecule has 0 aromatic rings. The number of allylic oxidation sites excluding steroid dienone is 1. The zero-order chi connectivity index (χ0) is 7.33. The second kappa shape index (κ2) is 3.83. The highest BCUT2D eigenvalue weighted by molar-refractivity contribution is 7.57. The summed E-state index contributed by atoms with van der Waals surface area (Å²) >= 11 is 0. The van der Waals surface area contributed by atoms with Gasteiger partial charge in [0.05, 0.1) is 0 Å². The van der Waals surface area contributed by atoms with Crippen LogP contribution < -0.4 is 0 Å². The van der Waals surface area contributed by atoms with Crippen molar-refractivity contribution in [1.29, 1.82) is 0 Å². The van der Waals surface area contributed by atoms with Crippen LogP contribution in [-0.2, 0) is 13.6 Å². The fourth-order valence-corrected chi connectivity index (χ4v) is 1.14. The lowest BCUT2D eigenvalue weighted by Crippen LogP contribution is -1.82. The maximum absolute atomic E-state index is 11.0. The molecule has 0 heterocycles. The average molecular weight is 150 g/mol. The van der Waals surface area contributed by atoms with Crippen LogP contribution in [-0.4, -0.2) is 14.2 Å². The van der Waals surface area contributed by atoms with E-state index in [1.807, 2.05) is 0 Å². The van der Waals surface area contributed by atoms with E-state index in [4.69, 9.17) is 0 Å². The van der Waals surface area contributed by atoms with E-state index in [0.29, 0.717) is 0 Å². The van der Waals surface area contributed by atoms with Crippen molar-refractivity contribution < 1.29 is 13.6 Å². The molecule has 0 aromatic carbocycles. The van der Waals surface area contributed by atoms with Crippen molar-refractivity contribution in [2.24, 2.45) is 0 Å². The normalized spacial score (nSPS) is 12.8. The van der Waals surface area contributed by atoms with Gasteiger partial charge in [-0.25, -0.2) is 0 Å². The summed E-state index contributed by atoms with van der Waals surface area (Å²) in [5, 5.41) is 0. The zero-order valence-corrected chi connectivity index (χ0v) is 6.72. The molecule has 0 amide bonds. The maximum atomic E-state index is 11.0. The van der Waals surface area contributed by atoms with Crippen LogP contribution in [0.1, 0.15) is 6.92 Å². The molecular weight excluding hydrogens is 139 g/mol. The second-order valence-electron chi connectivity index (χ2n) is 1.39. The van der Waals surface area contributed by atoms with Gasteiger partial charge >= 0.3 is 7.60 Å². The van der Waals surface area contributed by atoms with Crippen molar-refractivity contribution in [1.82, 2.24) is 0 Å². The largest absolute Gasteiger partial charge is 0.353 e. The molecule has 0 atom stereocenters. The third-order valence-electron chi connectivity index (χ3n) is 0.841. The van der Waals surface area contributed by atoms with Gasteiger partial charge in [-0.05, 0) is 6.92 Å². The quantitative estimate of drug-likeness (QED) is 0.577. The molecule has 0 spiro atoms. The third-order valence-corrected chi connectivity index (χ3v) is 2.52. The lowest BCUT2D eigenvalue weighted by atomic mass is 10.8. The van der Waals surface area contributed by atoms with Gasteiger partial charge < -0.3 is 9.05 Å². The minimum Gasteiger partial charge on any atom is -0.309 e. The monoisotopic (exact) mass is 150 g/mol. The molecule has 0 radical (unpaired) electrons. The van der Waals surface area contributed by atoms with Crippen LogP contribution >= 0.6 is 7.60 Å². The SMILES string of the molecule is C/C=C\P(=O)(OC)OC. The predicted octanol–water partition coefficient (Wildman–Crippen LogP) is 2.01. The topological polar surface area (TPSA) is 35.5 Å². The first-order valence-corrected chi connectivity index (χ1v) is 4.14. The van der Waals surface area contributed by atoms with Crippen LogP contribution in [0.15, 0.2) is 11.9 Å². The van der Waals surface area contributed by atoms with Gasteiger partial charge in [-0.3, -0.25) is 4.57 Å². The molecule has 4 heteroatoms. The van der Waals surface area contributed by atoms with E-state index in [-0.39, 0.29) is 0 Å². The minimum absolute atomic E-state index is 1.35. The maximum Gasteiger partial charge on any atom is 0.353 e. The van der Waals surface area contributed by atoms with Gasteiger partial charge in [0.2, 0.25) is 0 Å². The number of hydrogen-bond acceptors (Lipinski definition) is 3. The van der Waals surface area contributed by atoms with Crippen molar-refractivity contribution in [3.05, 3.63) is 11.9 Å². The molecule has 0 N–H and O–H groups in total. The Morgan fingerprint density at radius 1 is 1.33 bits per heavy atom. The summed E-state index contributed by atoms with van der Waals surface area (Å²) in [6.07, 6.45) is 1.63. The first-order chi connectivity index (χ1) is 4.18. The summed E-state index contributed by atoms with van der Waals surface area (Å²) in [4.78, 5) is 0. The highest BCUT2D eigenvalue weighted by atomic mass is 31.2.